The van der Waals surface area contributed by atoms with Gasteiger partial charge in [-0.15, -0.1) is 0 Å². The smallest absolute Gasteiger partial charge is 0.236 e. The second kappa shape index (κ2) is 9.52. The fourth-order valence-electron chi connectivity index (χ4n) is 4.87. The Morgan fingerprint density at radius 3 is 2.77 bits per heavy atom. The highest BCUT2D eigenvalue weighted by Gasteiger charge is 2.43. The summed E-state index contributed by atoms with van der Waals surface area (Å²) < 4.78 is 33.5. The number of rotatable bonds is 8. The molecule has 1 aliphatic carbocycles. The first-order valence-electron chi connectivity index (χ1n) is 11.5. The quantitative estimate of drug-likeness (QED) is 0.510. The molecule has 2 aromatic heterocycles. The number of ether oxygens (including phenoxy) is 3. The van der Waals surface area contributed by atoms with E-state index in [1.165, 1.54) is 11.1 Å². The molecule has 1 fully saturated rings. The second-order valence-corrected chi connectivity index (χ2v) is 9.98. The van der Waals surface area contributed by atoms with Crippen molar-refractivity contribution < 1.29 is 23.2 Å². The number of hydrogen-bond donors (Lipinski definition) is 1. The highest BCUT2D eigenvalue weighted by atomic mass is 32.2. The molecule has 5 rings (SSSR count). The SMILES string of the molecule is COc1cc(-c2ccc3c(c2CC(=O)NS(=O)c2cc(C4(OC)COC4)n(C)n2)CCC3)ccn1. The number of methoxy groups -OCH3 is 2. The van der Waals surface area contributed by atoms with Crippen molar-refractivity contribution in [3.05, 3.63) is 58.9 Å². The third-order valence-electron chi connectivity index (χ3n) is 6.78. The van der Waals surface area contributed by atoms with Crippen molar-refractivity contribution in [1.82, 2.24) is 19.5 Å². The highest BCUT2D eigenvalue weighted by molar-refractivity contribution is 7.83. The number of hydrogen-bond acceptors (Lipinski definition) is 7. The summed E-state index contributed by atoms with van der Waals surface area (Å²) >= 11 is 0. The molecule has 35 heavy (non-hydrogen) atoms. The minimum atomic E-state index is -1.80. The van der Waals surface area contributed by atoms with Crippen LogP contribution >= 0.6 is 0 Å². The number of fused-ring (bicyclic) bond motifs is 1. The number of aryl methyl sites for hydroxylation is 2. The maximum absolute atomic E-state index is 13.1. The molecule has 0 saturated carbocycles. The number of amides is 1. The van der Waals surface area contributed by atoms with Gasteiger partial charge in [-0.2, -0.15) is 5.10 Å². The summed E-state index contributed by atoms with van der Waals surface area (Å²) in [6.45, 7) is 0.812. The van der Waals surface area contributed by atoms with E-state index >= 15 is 0 Å². The van der Waals surface area contributed by atoms with E-state index in [4.69, 9.17) is 14.2 Å². The van der Waals surface area contributed by atoms with Crippen LogP contribution in [0.25, 0.3) is 11.1 Å². The van der Waals surface area contributed by atoms with Crippen LogP contribution in [0.5, 0.6) is 5.88 Å². The Labute approximate surface area is 206 Å². The van der Waals surface area contributed by atoms with Crippen LogP contribution in [0.1, 0.15) is 28.8 Å². The summed E-state index contributed by atoms with van der Waals surface area (Å²) in [6, 6.07) is 9.66. The monoisotopic (exact) mass is 496 g/mol. The molecule has 1 atom stereocenters. The van der Waals surface area contributed by atoms with Gasteiger partial charge in [-0.25, -0.2) is 9.19 Å². The molecule has 1 N–H and O–H groups in total. The van der Waals surface area contributed by atoms with Gasteiger partial charge in [-0.05, 0) is 53.1 Å². The Morgan fingerprint density at radius 2 is 2.06 bits per heavy atom. The average Bonchev–Trinajstić information content (AvgIpc) is 3.46. The Morgan fingerprint density at radius 1 is 1.23 bits per heavy atom. The molecule has 1 aliphatic heterocycles. The Balaban J connectivity index is 1.39. The fourth-order valence-corrected chi connectivity index (χ4v) is 5.67. The molecule has 3 heterocycles. The van der Waals surface area contributed by atoms with Gasteiger partial charge in [0.15, 0.2) is 21.6 Å². The molecule has 2 aliphatic rings. The predicted molar refractivity (Wildman–Crippen MR) is 129 cm³/mol. The molecule has 1 unspecified atom stereocenters. The number of nitrogens with zero attached hydrogens (tertiary/aromatic N) is 3. The van der Waals surface area contributed by atoms with Gasteiger partial charge in [-0.3, -0.25) is 14.2 Å². The maximum Gasteiger partial charge on any atom is 0.236 e. The third kappa shape index (κ3) is 4.37. The zero-order valence-corrected chi connectivity index (χ0v) is 20.8. The summed E-state index contributed by atoms with van der Waals surface area (Å²) in [4.78, 5) is 17.3. The lowest BCUT2D eigenvalue weighted by molar-refractivity contribution is -0.206. The summed E-state index contributed by atoms with van der Waals surface area (Å²) in [6.07, 6.45) is 4.78. The molecule has 0 radical (unpaired) electrons. The molecular formula is C25H28N4O5S. The van der Waals surface area contributed by atoms with E-state index in [0.29, 0.717) is 19.1 Å². The van der Waals surface area contributed by atoms with Crippen molar-refractivity contribution in [2.75, 3.05) is 27.4 Å². The van der Waals surface area contributed by atoms with Crippen molar-refractivity contribution in [1.29, 1.82) is 0 Å². The van der Waals surface area contributed by atoms with Crippen molar-refractivity contribution in [2.45, 2.75) is 36.3 Å². The van der Waals surface area contributed by atoms with Gasteiger partial charge in [0.25, 0.3) is 0 Å². The lowest BCUT2D eigenvalue weighted by Crippen LogP contribution is -2.49. The van der Waals surface area contributed by atoms with Gasteiger partial charge < -0.3 is 14.2 Å². The van der Waals surface area contributed by atoms with Crippen LogP contribution < -0.4 is 9.46 Å². The molecule has 184 valence electrons. The second-order valence-electron chi connectivity index (χ2n) is 8.82. The van der Waals surface area contributed by atoms with E-state index in [1.807, 2.05) is 12.1 Å². The van der Waals surface area contributed by atoms with Gasteiger partial charge in [0.05, 0.1) is 32.4 Å². The lowest BCUT2D eigenvalue weighted by atomic mass is 9.91. The normalized spacial score (nSPS) is 16.9. The maximum atomic E-state index is 13.1. The molecule has 10 heteroatoms. The number of benzene rings is 1. The number of carbonyl (C=O) groups is 1. The molecule has 1 aromatic carbocycles. The van der Waals surface area contributed by atoms with Crippen molar-refractivity contribution >= 4 is 16.9 Å². The summed E-state index contributed by atoms with van der Waals surface area (Å²) in [5.41, 5.74) is 5.47. The van der Waals surface area contributed by atoms with E-state index in [2.05, 4.69) is 26.9 Å². The minimum absolute atomic E-state index is 0.116. The van der Waals surface area contributed by atoms with Gasteiger partial charge in [0, 0.05) is 32.5 Å². The van der Waals surface area contributed by atoms with E-state index in [1.54, 1.807) is 38.2 Å². The predicted octanol–water partition coefficient (Wildman–Crippen LogP) is 2.23. The molecule has 1 saturated heterocycles. The van der Waals surface area contributed by atoms with Crippen molar-refractivity contribution in [3.8, 4) is 17.0 Å². The van der Waals surface area contributed by atoms with Gasteiger partial charge in [0.2, 0.25) is 11.8 Å². The first-order valence-corrected chi connectivity index (χ1v) is 12.6. The van der Waals surface area contributed by atoms with E-state index in [-0.39, 0.29) is 17.4 Å². The summed E-state index contributed by atoms with van der Waals surface area (Å²) in [5.74, 6) is 0.183. The number of aromatic nitrogens is 3. The Bertz CT molecular complexity index is 1300. The van der Waals surface area contributed by atoms with Crippen LogP contribution in [0.2, 0.25) is 0 Å². The standard InChI is InChI=1S/C25H28N4O5S/c1-29-21(25(33-3)14-34-15-25)13-24(27-29)35(31)28-22(30)12-20-18-6-4-5-16(18)7-8-19(20)17-9-10-26-23(11-17)32-2/h7-11,13H,4-6,12,14-15H2,1-3H3,(H,28,30). The van der Waals surface area contributed by atoms with E-state index in [0.717, 1.165) is 41.6 Å². The largest absolute Gasteiger partial charge is 0.481 e. The fraction of sp³-hybridized carbons (Fsp3) is 0.400. The number of nitrogens with one attached hydrogen (secondary N) is 1. The van der Waals surface area contributed by atoms with Gasteiger partial charge >= 0.3 is 0 Å². The molecule has 0 spiro atoms. The van der Waals surface area contributed by atoms with Crippen LogP contribution in [0.15, 0.2) is 41.6 Å². The summed E-state index contributed by atoms with van der Waals surface area (Å²) in [5, 5.41) is 4.63. The topological polar surface area (TPSA) is 105 Å². The molecule has 1 amide bonds. The van der Waals surface area contributed by atoms with E-state index < -0.39 is 16.6 Å². The number of pyridine rings is 1. The van der Waals surface area contributed by atoms with Gasteiger partial charge in [-0.1, -0.05) is 12.1 Å². The molecule has 9 nitrogen and oxygen atoms in total. The van der Waals surface area contributed by atoms with Crippen molar-refractivity contribution in [3.63, 3.8) is 0 Å². The highest BCUT2D eigenvalue weighted by Crippen LogP contribution is 2.35. The Hall–Kier alpha value is -3.08. The first-order chi connectivity index (χ1) is 16.9. The van der Waals surface area contributed by atoms with Crippen LogP contribution in [-0.2, 0) is 57.2 Å². The number of carbonyl (C=O) groups excluding carboxylic acids is 1. The summed E-state index contributed by atoms with van der Waals surface area (Å²) in [7, 11) is 3.15. The average molecular weight is 497 g/mol. The molecular weight excluding hydrogens is 468 g/mol. The molecule has 3 aromatic rings. The third-order valence-corrected chi connectivity index (χ3v) is 7.77. The zero-order valence-electron chi connectivity index (χ0n) is 20.0. The van der Waals surface area contributed by atoms with Crippen LogP contribution in [0.3, 0.4) is 0 Å². The van der Waals surface area contributed by atoms with Gasteiger partial charge in [0.1, 0.15) is 0 Å². The molecule has 0 bridgehead atoms. The van der Waals surface area contributed by atoms with Crippen LogP contribution in [0.4, 0.5) is 0 Å². The lowest BCUT2D eigenvalue weighted by Gasteiger charge is -2.39. The van der Waals surface area contributed by atoms with Crippen LogP contribution in [-0.4, -0.2) is 52.3 Å². The Kier molecular flexibility index (Phi) is 6.43. The zero-order chi connectivity index (χ0) is 24.6. The minimum Gasteiger partial charge on any atom is -0.481 e. The van der Waals surface area contributed by atoms with Crippen molar-refractivity contribution in [2.24, 2.45) is 7.05 Å². The van der Waals surface area contributed by atoms with E-state index in [9.17, 15) is 9.00 Å². The van der Waals surface area contributed by atoms with Crippen LogP contribution in [0, 0.1) is 0 Å². The first kappa shape index (κ1) is 23.7.